The van der Waals surface area contributed by atoms with Gasteiger partial charge in [-0.15, -0.1) is 0 Å². The zero-order valence-corrected chi connectivity index (χ0v) is 9.99. The van der Waals surface area contributed by atoms with Gasteiger partial charge in [0, 0.05) is 0 Å². The van der Waals surface area contributed by atoms with Crippen LogP contribution in [0.25, 0.3) is 11.0 Å². The summed E-state index contributed by atoms with van der Waals surface area (Å²) in [7, 11) is -5.62. The SMILES string of the molecule is O=S(=O)(c1ccc2nc(C(F)(F)F)[nH]c2c1)C(F)(F)F. The lowest BCUT2D eigenvalue weighted by Crippen LogP contribution is -2.23. The van der Waals surface area contributed by atoms with Gasteiger partial charge in [-0.05, 0) is 18.2 Å². The first-order valence-corrected chi connectivity index (χ1v) is 6.29. The second-order valence-corrected chi connectivity index (χ2v) is 5.65. The van der Waals surface area contributed by atoms with Crippen LogP contribution in [0.4, 0.5) is 26.3 Å². The van der Waals surface area contributed by atoms with Crippen LogP contribution in [0.5, 0.6) is 0 Å². The van der Waals surface area contributed by atoms with Crippen molar-refractivity contribution < 1.29 is 34.8 Å². The van der Waals surface area contributed by atoms with Gasteiger partial charge in [0.25, 0.3) is 9.84 Å². The number of fused-ring (bicyclic) bond motifs is 1. The van der Waals surface area contributed by atoms with Crippen molar-refractivity contribution in [2.24, 2.45) is 0 Å². The summed E-state index contributed by atoms with van der Waals surface area (Å²) in [4.78, 5) is 3.69. The number of aromatic nitrogens is 2. The van der Waals surface area contributed by atoms with Crippen molar-refractivity contribution in [3.05, 3.63) is 24.0 Å². The lowest BCUT2D eigenvalue weighted by Gasteiger charge is -2.07. The molecule has 0 saturated carbocycles. The van der Waals surface area contributed by atoms with E-state index < -0.39 is 37.8 Å². The van der Waals surface area contributed by atoms with Crippen molar-refractivity contribution in [3.8, 4) is 0 Å². The first-order valence-electron chi connectivity index (χ1n) is 4.81. The number of nitrogens with one attached hydrogen (secondary N) is 1. The maximum Gasteiger partial charge on any atom is 0.501 e. The van der Waals surface area contributed by atoms with Crippen molar-refractivity contribution in [1.82, 2.24) is 9.97 Å². The Morgan fingerprint density at radius 1 is 1.05 bits per heavy atom. The molecule has 0 radical (unpaired) electrons. The van der Waals surface area contributed by atoms with Gasteiger partial charge in [-0.25, -0.2) is 13.4 Å². The number of H-pyrrole nitrogens is 1. The third-order valence-electron chi connectivity index (χ3n) is 2.34. The summed E-state index contributed by atoms with van der Waals surface area (Å²) < 4.78 is 96.3. The molecule has 1 N–H and O–H groups in total. The van der Waals surface area contributed by atoms with Crippen molar-refractivity contribution in [3.63, 3.8) is 0 Å². The summed E-state index contributed by atoms with van der Waals surface area (Å²) in [5, 5.41) is 0. The number of alkyl halides is 6. The van der Waals surface area contributed by atoms with E-state index in [0.29, 0.717) is 12.1 Å². The average Bonchev–Trinajstić information content (AvgIpc) is 2.69. The third kappa shape index (κ3) is 2.32. The van der Waals surface area contributed by atoms with Gasteiger partial charge in [0.15, 0.2) is 0 Å². The molecule has 0 fully saturated rings. The van der Waals surface area contributed by atoms with Crippen LogP contribution in [0.1, 0.15) is 5.82 Å². The number of hydrogen-bond acceptors (Lipinski definition) is 3. The highest BCUT2D eigenvalue weighted by molar-refractivity contribution is 7.92. The minimum atomic E-state index is -5.62. The zero-order valence-electron chi connectivity index (χ0n) is 9.17. The number of halogens is 6. The van der Waals surface area contributed by atoms with E-state index in [9.17, 15) is 34.8 Å². The van der Waals surface area contributed by atoms with Gasteiger partial charge in [-0.1, -0.05) is 0 Å². The lowest BCUT2D eigenvalue weighted by atomic mass is 10.3. The van der Waals surface area contributed by atoms with Crippen molar-refractivity contribution >= 4 is 20.9 Å². The summed E-state index contributed by atoms with van der Waals surface area (Å²) in [6, 6.07) is 1.77. The summed E-state index contributed by atoms with van der Waals surface area (Å²) in [6.45, 7) is 0. The van der Waals surface area contributed by atoms with E-state index in [1.807, 2.05) is 0 Å². The molecule has 0 aliphatic carbocycles. The number of imidazole rings is 1. The fraction of sp³-hybridized carbons (Fsp3) is 0.222. The van der Waals surface area contributed by atoms with Gasteiger partial charge in [-0.3, -0.25) is 0 Å². The van der Waals surface area contributed by atoms with Gasteiger partial charge in [0.2, 0.25) is 5.82 Å². The van der Waals surface area contributed by atoms with E-state index in [0.717, 1.165) is 6.07 Å². The third-order valence-corrected chi connectivity index (χ3v) is 3.82. The highest BCUT2D eigenvalue weighted by Crippen LogP contribution is 2.33. The van der Waals surface area contributed by atoms with Gasteiger partial charge in [-0.2, -0.15) is 26.3 Å². The second kappa shape index (κ2) is 4.11. The number of nitrogens with zero attached hydrogens (tertiary/aromatic N) is 1. The van der Waals surface area contributed by atoms with E-state index >= 15 is 0 Å². The number of hydrogen-bond donors (Lipinski definition) is 1. The maximum atomic E-state index is 12.4. The highest BCUT2D eigenvalue weighted by Gasteiger charge is 2.47. The Labute approximate surface area is 107 Å². The van der Waals surface area contributed by atoms with Gasteiger partial charge < -0.3 is 4.98 Å². The highest BCUT2D eigenvalue weighted by atomic mass is 32.2. The van der Waals surface area contributed by atoms with Gasteiger partial charge in [0.1, 0.15) is 0 Å². The monoisotopic (exact) mass is 318 g/mol. The van der Waals surface area contributed by atoms with E-state index in [1.165, 1.54) is 0 Å². The molecule has 11 heteroatoms. The molecule has 1 aromatic heterocycles. The minimum Gasteiger partial charge on any atom is -0.334 e. The van der Waals surface area contributed by atoms with E-state index in [1.54, 1.807) is 4.98 Å². The largest absolute Gasteiger partial charge is 0.501 e. The molecule has 0 aliphatic heterocycles. The molecule has 0 aliphatic rings. The van der Waals surface area contributed by atoms with Crippen LogP contribution in [0.2, 0.25) is 0 Å². The fourth-order valence-electron chi connectivity index (χ4n) is 1.42. The Hall–Kier alpha value is -1.78. The predicted molar refractivity (Wildman–Crippen MR) is 54.3 cm³/mol. The van der Waals surface area contributed by atoms with Crippen LogP contribution < -0.4 is 0 Å². The standard InChI is InChI=1S/C9H4F6N2O2S/c10-8(11,12)7-16-5-2-1-4(3-6(5)17-7)20(18,19)9(13,14)15/h1-3H,(H,16,17). The first kappa shape index (κ1) is 14.6. The summed E-state index contributed by atoms with van der Waals surface area (Å²) in [5.74, 6) is -1.42. The Morgan fingerprint density at radius 2 is 1.65 bits per heavy atom. The molecule has 110 valence electrons. The smallest absolute Gasteiger partial charge is 0.334 e. The van der Waals surface area contributed by atoms with Crippen LogP contribution in [-0.2, 0) is 16.0 Å². The summed E-state index contributed by atoms with van der Waals surface area (Å²) in [5.41, 5.74) is -6.28. The molecular formula is C9H4F6N2O2S. The molecule has 0 amide bonds. The van der Waals surface area contributed by atoms with Crippen LogP contribution in [0, 0.1) is 0 Å². The fourth-order valence-corrected chi connectivity index (χ4v) is 2.21. The number of aromatic amines is 1. The molecule has 20 heavy (non-hydrogen) atoms. The zero-order chi connectivity index (χ0) is 15.3. The van der Waals surface area contributed by atoms with Crippen LogP contribution in [-0.4, -0.2) is 23.9 Å². The molecule has 1 heterocycles. The molecule has 2 aromatic rings. The van der Waals surface area contributed by atoms with Crippen LogP contribution in [0.3, 0.4) is 0 Å². The summed E-state index contributed by atoms with van der Waals surface area (Å²) in [6.07, 6.45) is -4.82. The van der Waals surface area contributed by atoms with Crippen molar-refractivity contribution in [1.29, 1.82) is 0 Å². The average molecular weight is 318 g/mol. The topological polar surface area (TPSA) is 62.8 Å². The Kier molecular flexibility index (Phi) is 3.00. The van der Waals surface area contributed by atoms with Crippen LogP contribution in [0.15, 0.2) is 23.1 Å². The van der Waals surface area contributed by atoms with E-state index in [-0.39, 0.29) is 5.52 Å². The predicted octanol–water partition coefficient (Wildman–Crippen LogP) is 2.88. The molecule has 4 nitrogen and oxygen atoms in total. The molecule has 0 bridgehead atoms. The number of benzene rings is 1. The molecule has 0 saturated heterocycles. The van der Waals surface area contributed by atoms with Crippen molar-refractivity contribution in [2.45, 2.75) is 16.6 Å². The number of rotatable bonds is 1. The molecule has 0 spiro atoms. The normalized spacial score (nSPS) is 13.9. The molecule has 0 atom stereocenters. The second-order valence-electron chi connectivity index (χ2n) is 3.71. The summed E-state index contributed by atoms with van der Waals surface area (Å²) >= 11 is 0. The Balaban J connectivity index is 2.61. The van der Waals surface area contributed by atoms with Crippen LogP contribution >= 0.6 is 0 Å². The molecule has 1 aromatic carbocycles. The maximum absolute atomic E-state index is 12.4. The van der Waals surface area contributed by atoms with E-state index in [4.69, 9.17) is 0 Å². The minimum absolute atomic E-state index is 0.293. The van der Waals surface area contributed by atoms with Gasteiger partial charge in [0.05, 0.1) is 15.9 Å². The lowest BCUT2D eigenvalue weighted by molar-refractivity contribution is -0.144. The van der Waals surface area contributed by atoms with Crippen molar-refractivity contribution in [2.75, 3.05) is 0 Å². The quantitative estimate of drug-likeness (QED) is 0.822. The Bertz CT molecular complexity index is 759. The van der Waals surface area contributed by atoms with Gasteiger partial charge >= 0.3 is 11.7 Å². The van der Waals surface area contributed by atoms with E-state index in [2.05, 4.69) is 4.98 Å². The molecular weight excluding hydrogens is 314 g/mol. The Morgan fingerprint density at radius 3 is 2.15 bits per heavy atom. The molecule has 2 rings (SSSR count). The first-order chi connectivity index (χ1) is 8.93. The molecule has 0 unspecified atom stereocenters. The number of sulfone groups is 1.